The Morgan fingerprint density at radius 1 is 1.19 bits per heavy atom. The van der Waals surface area contributed by atoms with E-state index in [4.69, 9.17) is 0 Å². The molecule has 2 nitrogen and oxygen atoms in total. The van der Waals surface area contributed by atoms with Gasteiger partial charge in [0.1, 0.15) is 5.82 Å². The molecule has 0 amide bonds. The fourth-order valence-corrected chi connectivity index (χ4v) is 2.61. The third-order valence-corrected chi connectivity index (χ3v) is 3.87. The maximum Gasteiger partial charge on any atom is 0.125 e. The summed E-state index contributed by atoms with van der Waals surface area (Å²) in [5.74, 6) is -0.276. The molecule has 0 fully saturated rings. The second-order valence-corrected chi connectivity index (χ2v) is 6.58. The van der Waals surface area contributed by atoms with Crippen molar-refractivity contribution in [3.05, 3.63) is 63.9 Å². The Labute approximate surface area is 133 Å². The fourth-order valence-electron chi connectivity index (χ4n) is 2.35. The van der Waals surface area contributed by atoms with Gasteiger partial charge in [0.2, 0.25) is 0 Å². The van der Waals surface area contributed by atoms with Gasteiger partial charge in [0.15, 0.2) is 0 Å². The number of aryl methyl sites for hydroxylation is 1. The Balaban J connectivity index is 2.18. The van der Waals surface area contributed by atoms with E-state index in [1.54, 1.807) is 0 Å². The fraction of sp³-hybridized carbons (Fsp3) is 0.294. The normalized spacial score (nSPS) is 13.8. The molecular weight excluding hydrogens is 333 g/mol. The smallest absolute Gasteiger partial charge is 0.125 e. The van der Waals surface area contributed by atoms with Crippen LogP contribution in [0.15, 0.2) is 46.9 Å². The van der Waals surface area contributed by atoms with Crippen molar-refractivity contribution >= 4 is 21.6 Å². The van der Waals surface area contributed by atoms with Gasteiger partial charge in [-0.25, -0.2) is 4.39 Å². The molecule has 2 N–H and O–H groups in total. The number of aliphatic hydroxyl groups is 1. The highest BCUT2D eigenvalue weighted by molar-refractivity contribution is 9.10. The average Bonchev–Trinajstić information content (AvgIpc) is 2.40. The molecule has 1 atom stereocenters. The molecule has 1 unspecified atom stereocenters. The molecular formula is C17H19BrFNO. The second-order valence-electron chi connectivity index (χ2n) is 5.66. The summed E-state index contributed by atoms with van der Waals surface area (Å²) in [6.07, 6.45) is 0.645. The summed E-state index contributed by atoms with van der Waals surface area (Å²) in [6, 6.07) is 12.8. The van der Waals surface area contributed by atoms with Crippen molar-refractivity contribution in [3.63, 3.8) is 0 Å². The Bertz CT molecular complexity index is 594. The molecule has 0 aliphatic heterocycles. The molecule has 0 saturated carbocycles. The zero-order valence-electron chi connectivity index (χ0n) is 12.2. The lowest BCUT2D eigenvalue weighted by atomic mass is 9.93. The van der Waals surface area contributed by atoms with Crippen LogP contribution in [0.4, 0.5) is 10.1 Å². The average molecular weight is 352 g/mol. The summed E-state index contributed by atoms with van der Waals surface area (Å²) in [6.45, 7) is 3.73. The lowest BCUT2D eigenvalue weighted by molar-refractivity contribution is 0.222. The topological polar surface area (TPSA) is 32.3 Å². The second kappa shape index (κ2) is 6.58. The van der Waals surface area contributed by atoms with Crippen molar-refractivity contribution in [1.82, 2.24) is 0 Å². The first-order valence-corrected chi connectivity index (χ1v) is 7.60. The predicted octanol–water partition coefficient (Wildman–Crippen LogP) is 4.30. The number of halogens is 2. The molecule has 112 valence electrons. The highest BCUT2D eigenvalue weighted by atomic mass is 79.9. The quantitative estimate of drug-likeness (QED) is 0.841. The Morgan fingerprint density at radius 3 is 2.43 bits per heavy atom. The summed E-state index contributed by atoms with van der Waals surface area (Å²) in [7, 11) is 0. The summed E-state index contributed by atoms with van der Waals surface area (Å²) < 4.78 is 14.5. The van der Waals surface area contributed by atoms with Gasteiger partial charge in [0, 0.05) is 10.2 Å². The Morgan fingerprint density at radius 2 is 1.86 bits per heavy atom. The van der Waals surface area contributed by atoms with Crippen LogP contribution in [-0.2, 0) is 6.42 Å². The number of hydrogen-bond acceptors (Lipinski definition) is 2. The minimum atomic E-state index is -0.548. The van der Waals surface area contributed by atoms with Crippen LogP contribution in [-0.4, -0.2) is 17.3 Å². The van der Waals surface area contributed by atoms with E-state index in [1.807, 2.05) is 44.2 Å². The molecule has 0 radical (unpaired) electrons. The highest BCUT2D eigenvalue weighted by Gasteiger charge is 2.24. The summed E-state index contributed by atoms with van der Waals surface area (Å²) >= 11 is 3.41. The van der Waals surface area contributed by atoms with Gasteiger partial charge in [-0.3, -0.25) is 0 Å². The molecule has 0 aromatic heterocycles. The molecule has 2 rings (SSSR count). The molecule has 0 heterocycles. The number of aliphatic hydroxyl groups excluding tert-OH is 1. The third kappa shape index (κ3) is 4.55. The van der Waals surface area contributed by atoms with Crippen molar-refractivity contribution in [1.29, 1.82) is 0 Å². The van der Waals surface area contributed by atoms with E-state index >= 15 is 0 Å². The Hall–Kier alpha value is -1.39. The molecule has 4 heteroatoms. The molecule has 0 spiro atoms. The van der Waals surface area contributed by atoms with Gasteiger partial charge in [0.25, 0.3) is 0 Å². The first-order valence-electron chi connectivity index (χ1n) is 6.81. The highest BCUT2D eigenvalue weighted by Crippen LogP contribution is 2.22. The van der Waals surface area contributed by atoms with Crippen molar-refractivity contribution < 1.29 is 9.50 Å². The third-order valence-electron chi connectivity index (χ3n) is 3.34. The van der Waals surface area contributed by atoms with E-state index < -0.39 is 5.54 Å². The largest absolute Gasteiger partial charge is 0.394 e. The zero-order chi connectivity index (χ0) is 15.5. The van der Waals surface area contributed by atoms with Gasteiger partial charge in [-0.2, -0.15) is 0 Å². The summed E-state index contributed by atoms with van der Waals surface area (Å²) in [5.41, 5.74) is 2.09. The predicted molar refractivity (Wildman–Crippen MR) is 88.1 cm³/mol. The van der Waals surface area contributed by atoms with Gasteiger partial charge in [-0.1, -0.05) is 28.1 Å². The number of nitrogens with one attached hydrogen (secondary N) is 1. The van der Waals surface area contributed by atoms with Gasteiger partial charge in [-0.15, -0.1) is 0 Å². The maximum absolute atomic E-state index is 13.5. The number of anilines is 1. The number of hydrogen-bond donors (Lipinski definition) is 2. The minimum Gasteiger partial charge on any atom is -0.394 e. The van der Waals surface area contributed by atoms with Crippen molar-refractivity contribution in [3.8, 4) is 0 Å². The van der Waals surface area contributed by atoms with E-state index in [0.717, 1.165) is 15.6 Å². The lowest BCUT2D eigenvalue weighted by Crippen LogP contribution is -2.41. The summed E-state index contributed by atoms with van der Waals surface area (Å²) in [5, 5.41) is 13.0. The molecule has 0 aliphatic carbocycles. The van der Waals surface area contributed by atoms with Crippen LogP contribution in [0.5, 0.6) is 0 Å². The molecule has 0 saturated heterocycles. The standard InChI is InChI=1S/C17H19BrFNO/c1-12-7-15(19)9-16(8-12)20-17(2,11-21)10-13-3-5-14(18)6-4-13/h3-9,20-21H,10-11H2,1-2H3. The first-order chi connectivity index (χ1) is 9.90. The van der Waals surface area contributed by atoms with Crippen LogP contribution in [0, 0.1) is 12.7 Å². The summed E-state index contributed by atoms with van der Waals surface area (Å²) in [4.78, 5) is 0. The van der Waals surface area contributed by atoms with Crippen LogP contribution in [0.3, 0.4) is 0 Å². The van der Waals surface area contributed by atoms with Crippen molar-refractivity contribution in [2.45, 2.75) is 25.8 Å². The van der Waals surface area contributed by atoms with Crippen LogP contribution in [0.25, 0.3) is 0 Å². The van der Waals surface area contributed by atoms with Crippen molar-refractivity contribution in [2.75, 3.05) is 11.9 Å². The molecule has 2 aromatic rings. The van der Waals surface area contributed by atoms with Crippen LogP contribution < -0.4 is 5.32 Å². The van der Waals surface area contributed by atoms with E-state index in [-0.39, 0.29) is 12.4 Å². The van der Waals surface area contributed by atoms with Gasteiger partial charge >= 0.3 is 0 Å². The number of benzene rings is 2. The van der Waals surface area contributed by atoms with E-state index in [2.05, 4.69) is 21.2 Å². The SMILES string of the molecule is Cc1cc(F)cc(NC(C)(CO)Cc2ccc(Br)cc2)c1. The monoisotopic (exact) mass is 351 g/mol. The molecule has 21 heavy (non-hydrogen) atoms. The minimum absolute atomic E-state index is 0.0430. The van der Waals surface area contributed by atoms with Crippen LogP contribution in [0.2, 0.25) is 0 Å². The van der Waals surface area contributed by atoms with Crippen molar-refractivity contribution in [2.24, 2.45) is 0 Å². The number of rotatable bonds is 5. The van der Waals surface area contributed by atoms with Gasteiger partial charge in [0.05, 0.1) is 12.1 Å². The zero-order valence-corrected chi connectivity index (χ0v) is 13.7. The first kappa shape index (κ1) is 16.0. The Kier molecular flexibility index (Phi) is 5.01. The molecule has 0 aliphatic rings. The molecule has 0 bridgehead atoms. The van der Waals surface area contributed by atoms with Crippen LogP contribution in [0.1, 0.15) is 18.1 Å². The van der Waals surface area contributed by atoms with E-state index in [1.165, 1.54) is 12.1 Å². The van der Waals surface area contributed by atoms with E-state index in [0.29, 0.717) is 12.1 Å². The van der Waals surface area contributed by atoms with Crippen LogP contribution >= 0.6 is 15.9 Å². The van der Waals surface area contributed by atoms with Gasteiger partial charge in [-0.05, 0) is 61.7 Å². The van der Waals surface area contributed by atoms with Gasteiger partial charge < -0.3 is 10.4 Å². The maximum atomic E-state index is 13.5. The lowest BCUT2D eigenvalue weighted by Gasteiger charge is -2.30. The molecule has 2 aromatic carbocycles. The van der Waals surface area contributed by atoms with E-state index in [9.17, 15) is 9.50 Å².